The zero-order valence-corrected chi connectivity index (χ0v) is 19.7. The second kappa shape index (κ2) is 8.39. The number of carbonyl (C=O) groups is 1. The molecule has 1 heterocycles. The van der Waals surface area contributed by atoms with Crippen LogP contribution in [-0.2, 0) is 14.6 Å². The Labute approximate surface area is 200 Å². The Kier molecular flexibility index (Phi) is 6.02. The number of nitrogens with one attached hydrogen (secondary N) is 1. The average Bonchev–Trinajstić information content (AvgIpc) is 2.76. The molecule has 174 valence electrons. The van der Waals surface area contributed by atoms with Crippen LogP contribution in [0.5, 0.6) is 0 Å². The minimum Gasteiger partial charge on any atom is -0.373 e. The number of aryl methyl sites for hydroxylation is 2. The van der Waals surface area contributed by atoms with Gasteiger partial charge in [-0.2, -0.15) is 13.2 Å². The molecule has 1 aromatic heterocycles. The van der Waals surface area contributed by atoms with Crippen molar-refractivity contribution in [1.29, 1.82) is 0 Å². The van der Waals surface area contributed by atoms with Gasteiger partial charge < -0.3 is 14.9 Å². The number of fused-ring (bicyclic) bond motifs is 2. The van der Waals surface area contributed by atoms with Gasteiger partial charge in [-0.15, -0.1) is 0 Å². The van der Waals surface area contributed by atoms with E-state index in [9.17, 15) is 27.9 Å². The van der Waals surface area contributed by atoms with Crippen LogP contribution < -0.4 is 10.9 Å². The van der Waals surface area contributed by atoms with E-state index in [1.165, 1.54) is 18.2 Å². The molecule has 2 atom stereocenters. The molecule has 0 fully saturated rings. The fourth-order valence-corrected chi connectivity index (χ4v) is 5.77. The number of nitrogens with zero attached hydrogens (tertiary/aromatic N) is 1. The number of alkyl halides is 4. The normalized spacial score (nSPS) is 20.2. The smallest absolute Gasteiger partial charge is 0.373 e. The molecule has 2 N–H and O–H groups in total. The third kappa shape index (κ3) is 4.25. The molecule has 1 aliphatic carbocycles. The Morgan fingerprint density at radius 2 is 1.97 bits per heavy atom. The summed E-state index contributed by atoms with van der Waals surface area (Å²) in [5.74, 6) is -1.58. The highest BCUT2D eigenvalue weighted by Crippen LogP contribution is 2.51. The summed E-state index contributed by atoms with van der Waals surface area (Å²) in [6.45, 7) is 1.56. The Morgan fingerprint density at radius 3 is 2.70 bits per heavy atom. The number of amides is 1. The Bertz CT molecular complexity index is 1290. The Morgan fingerprint density at radius 1 is 1.24 bits per heavy atom. The van der Waals surface area contributed by atoms with Gasteiger partial charge in [-0.05, 0) is 55.5 Å². The summed E-state index contributed by atoms with van der Waals surface area (Å²) in [5, 5.41) is 17.1. The molecule has 0 aliphatic heterocycles. The number of halogens is 4. The molecule has 33 heavy (non-hydrogen) atoms. The van der Waals surface area contributed by atoms with Gasteiger partial charge in [0, 0.05) is 17.5 Å². The second-order valence-electron chi connectivity index (χ2n) is 8.28. The largest absolute Gasteiger partial charge is 0.426 e. The summed E-state index contributed by atoms with van der Waals surface area (Å²) in [5.41, 5.74) is -2.39. The molecule has 0 saturated heterocycles. The minimum atomic E-state index is -5.21. The molecular weight excluding hydrogens is 552 g/mol. The lowest BCUT2D eigenvalue weighted by atomic mass is 9.76. The van der Waals surface area contributed by atoms with Crippen LogP contribution in [-0.4, -0.2) is 27.9 Å². The summed E-state index contributed by atoms with van der Waals surface area (Å²) in [6.07, 6.45) is -4.26. The standard InChI is InChI=1S/C23H20F3IN2O4/c1-13-17-11-15(8-9-16(17)19(30)33-29-13)28-20(31)22(32,23(24,25)26)12-21(27)10-4-6-14-5-2-3-7-18(14)21/h2-3,5,7-9,11,32H,4,6,10,12H2,1H3,(H,28,31). The zero-order valence-electron chi connectivity index (χ0n) is 17.5. The van der Waals surface area contributed by atoms with Crippen molar-refractivity contribution in [2.24, 2.45) is 0 Å². The predicted molar refractivity (Wildman–Crippen MR) is 124 cm³/mol. The molecule has 0 saturated carbocycles. The fourth-order valence-electron chi connectivity index (χ4n) is 4.31. The van der Waals surface area contributed by atoms with E-state index in [-0.39, 0.29) is 11.1 Å². The van der Waals surface area contributed by atoms with Crippen LogP contribution in [0.4, 0.5) is 18.9 Å². The van der Waals surface area contributed by atoms with Crippen molar-refractivity contribution < 1.29 is 27.6 Å². The van der Waals surface area contributed by atoms with Crippen LogP contribution in [0, 0.1) is 6.92 Å². The summed E-state index contributed by atoms with van der Waals surface area (Å²) < 4.78 is 46.0. The molecule has 0 bridgehead atoms. The lowest BCUT2D eigenvalue weighted by Crippen LogP contribution is -2.57. The van der Waals surface area contributed by atoms with Crippen LogP contribution >= 0.6 is 22.6 Å². The fraction of sp³-hybridized carbons (Fsp3) is 0.348. The first-order valence-corrected chi connectivity index (χ1v) is 11.3. The van der Waals surface area contributed by atoms with E-state index >= 15 is 0 Å². The minimum absolute atomic E-state index is 0.00257. The maximum atomic E-state index is 14.2. The van der Waals surface area contributed by atoms with E-state index in [2.05, 4.69) is 15.0 Å². The number of aromatic nitrogens is 1. The highest BCUT2D eigenvalue weighted by atomic mass is 127. The predicted octanol–water partition coefficient (Wildman–Crippen LogP) is 4.79. The number of benzene rings is 2. The number of aliphatic hydroxyl groups is 1. The van der Waals surface area contributed by atoms with Gasteiger partial charge in [-0.3, -0.25) is 4.79 Å². The number of carbonyl (C=O) groups excluding carboxylic acids is 1. The van der Waals surface area contributed by atoms with E-state index in [1.54, 1.807) is 19.1 Å². The van der Waals surface area contributed by atoms with Gasteiger partial charge in [0.25, 0.3) is 5.91 Å². The van der Waals surface area contributed by atoms with Gasteiger partial charge in [-0.1, -0.05) is 52.0 Å². The first kappa shape index (κ1) is 23.7. The van der Waals surface area contributed by atoms with Gasteiger partial charge in [-0.25, -0.2) is 4.79 Å². The van der Waals surface area contributed by atoms with Crippen LogP contribution in [0.3, 0.4) is 0 Å². The molecule has 4 rings (SSSR count). The highest BCUT2D eigenvalue weighted by Gasteiger charge is 2.62. The van der Waals surface area contributed by atoms with E-state index in [1.807, 2.05) is 34.7 Å². The van der Waals surface area contributed by atoms with Crippen molar-refractivity contribution >= 4 is 45.0 Å². The third-order valence-corrected chi connectivity index (χ3v) is 7.55. The van der Waals surface area contributed by atoms with Crippen LogP contribution in [0.1, 0.15) is 36.1 Å². The summed E-state index contributed by atoms with van der Waals surface area (Å²) in [7, 11) is 0. The molecular formula is C23H20F3IN2O4. The number of anilines is 1. The maximum Gasteiger partial charge on any atom is 0.426 e. The Hall–Kier alpha value is -2.47. The van der Waals surface area contributed by atoms with Crippen molar-refractivity contribution in [3.05, 3.63) is 69.7 Å². The van der Waals surface area contributed by atoms with Crippen molar-refractivity contribution in [3.8, 4) is 0 Å². The quantitative estimate of drug-likeness (QED) is 0.347. The number of rotatable bonds is 4. The SMILES string of the molecule is Cc1noc(=O)c2ccc(NC(=O)C(O)(CC3(I)CCCc4ccccc43)C(F)(F)F)cc12. The van der Waals surface area contributed by atoms with E-state index in [0.717, 1.165) is 12.0 Å². The molecule has 0 spiro atoms. The van der Waals surface area contributed by atoms with Crippen molar-refractivity contribution in [3.63, 3.8) is 0 Å². The maximum absolute atomic E-state index is 14.2. The topological polar surface area (TPSA) is 92.4 Å². The molecule has 0 radical (unpaired) electrons. The summed E-state index contributed by atoms with van der Waals surface area (Å²) >= 11 is 1.94. The van der Waals surface area contributed by atoms with Crippen LogP contribution in [0.15, 0.2) is 51.8 Å². The van der Waals surface area contributed by atoms with E-state index in [0.29, 0.717) is 29.5 Å². The first-order chi connectivity index (χ1) is 15.4. The average molecular weight is 572 g/mol. The number of hydrogen-bond donors (Lipinski definition) is 2. The third-order valence-electron chi connectivity index (χ3n) is 6.05. The van der Waals surface area contributed by atoms with Crippen LogP contribution in [0.25, 0.3) is 10.8 Å². The summed E-state index contributed by atoms with van der Waals surface area (Å²) in [6, 6.07) is 11.1. The van der Waals surface area contributed by atoms with Crippen molar-refractivity contribution in [1.82, 2.24) is 5.16 Å². The van der Waals surface area contributed by atoms with Crippen LogP contribution in [0.2, 0.25) is 0 Å². The molecule has 2 aromatic carbocycles. The van der Waals surface area contributed by atoms with E-state index < -0.39 is 33.2 Å². The zero-order chi connectivity index (χ0) is 24.0. The first-order valence-electron chi connectivity index (χ1n) is 10.2. The molecule has 6 nitrogen and oxygen atoms in total. The van der Waals surface area contributed by atoms with Gasteiger partial charge in [0.2, 0.25) is 5.60 Å². The molecule has 3 aromatic rings. The van der Waals surface area contributed by atoms with Gasteiger partial charge in [0.1, 0.15) is 0 Å². The van der Waals surface area contributed by atoms with Gasteiger partial charge in [0.15, 0.2) is 0 Å². The van der Waals surface area contributed by atoms with Crippen molar-refractivity contribution in [2.45, 2.75) is 47.8 Å². The second-order valence-corrected chi connectivity index (χ2v) is 10.3. The van der Waals surface area contributed by atoms with Gasteiger partial charge in [0.05, 0.1) is 14.5 Å². The molecule has 10 heteroatoms. The Balaban J connectivity index is 1.70. The highest BCUT2D eigenvalue weighted by molar-refractivity contribution is 14.1. The lowest BCUT2D eigenvalue weighted by molar-refractivity contribution is -0.253. The monoisotopic (exact) mass is 572 g/mol. The summed E-state index contributed by atoms with van der Waals surface area (Å²) in [4.78, 5) is 24.7. The van der Waals surface area contributed by atoms with E-state index in [4.69, 9.17) is 0 Å². The van der Waals surface area contributed by atoms with Crippen molar-refractivity contribution in [2.75, 3.05) is 5.32 Å². The lowest BCUT2D eigenvalue weighted by Gasteiger charge is -2.40. The number of hydrogen-bond acceptors (Lipinski definition) is 5. The van der Waals surface area contributed by atoms with Gasteiger partial charge >= 0.3 is 11.8 Å². The molecule has 2 unspecified atom stereocenters. The molecule has 1 aliphatic rings. The molecule has 1 amide bonds.